The van der Waals surface area contributed by atoms with Gasteiger partial charge in [0, 0.05) is 5.92 Å². The van der Waals surface area contributed by atoms with Gasteiger partial charge in [0.15, 0.2) is 0 Å². The van der Waals surface area contributed by atoms with Gasteiger partial charge in [0.05, 0.1) is 12.3 Å². The standard InChI is InChI=1S/C16H22N2O2/c19-16(13-7-9-17-10-8-13)18-14-3-1-2-4-15(14)20-11-12-5-6-12/h1-4,12-13,17H,5-11H2,(H,18,19). The molecule has 108 valence electrons. The van der Waals surface area contributed by atoms with Crippen molar-refractivity contribution in [2.24, 2.45) is 11.8 Å². The first kappa shape index (κ1) is 13.4. The van der Waals surface area contributed by atoms with Gasteiger partial charge in [-0.05, 0) is 56.8 Å². The monoisotopic (exact) mass is 274 g/mol. The molecule has 2 fully saturated rings. The summed E-state index contributed by atoms with van der Waals surface area (Å²) in [5.74, 6) is 1.74. The van der Waals surface area contributed by atoms with Crippen LogP contribution >= 0.6 is 0 Å². The Balaban J connectivity index is 1.61. The number of benzene rings is 1. The predicted molar refractivity (Wildman–Crippen MR) is 78.9 cm³/mol. The summed E-state index contributed by atoms with van der Waals surface area (Å²) in [6.07, 6.45) is 4.36. The zero-order valence-electron chi connectivity index (χ0n) is 11.7. The third-order valence-corrected chi connectivity index (χ3v) is 4.03. The second-order valence-electron chi connectivity index (χ2n) is 5.76. The van der Waals surface area contributed by atoms with E-state index in [-0.39, 0.29) is 11.8 Å². The third-order valence-electron chi connectivity index (χ3n) is 4.03. The topological polar surface area (TPSA) is 50.4 Å². The van der Waals surface area contributed by atoms with Crippen LogP contribution in [-0.2, 0) is 4.79 Å². The molecule has 1 saturated heterocycles. The lowest BCUT2D eigenvalue weighted by atomic mass is 9.97. The Bertz CT molecular complexity index is 465. The number of anilines is 1. The van der Waals surface area contributed by atoms with E-state index >= 15 is 0 Å². The molecule has 4 nitrogen and oxygen atoms in total. The Hall–Kier alpha value is -1.55. The van der Waals surface area contributed by atoms with Gasteiger partial charge in [-0.25, -0.2) is 0 Å². The Kier molecular flexibility index (Phi) is 4.21. The maximum absolute atomic E-state index is 12.3. The minimum atomic E-state index is 0.118. The van der Waals surface area contributed by atoms with Crippen LogP contribution in [0.1, 0.15) is 25.7 Å². The quantitative estimate of drug-likeness (QED) is 0.867. The molecule has 1 saturated carbocycles. The SMILES string of the molecule is O=C(Nc1ccccc1OCC1CC1)C1CCNCC1. The molecule has 1 amide bonds. The lowest BCUT2D eigenvalue weighted by Crippen LogP contribution is -2.34. The predicted octanol–water partition coefficient (Wildman–Crippen LogP) is 2.41. The van der Waals surface area contributed by atoms with Crippen LogP contribution in [0, 0.1) is 11.8 Å². The zero-order valence-corrected chi connectivity index (χ0v) is 11.7. The molecule has 2 aliphatic rings. The van der Waals surface area contributed by atoms with E-state index < -0.39 is 0 Å². The van der Waals surface area contributed by atoms with Crippen molar-refractivity contribution in [1.29, 1.82) is 0 Å². The van der Waals surface area contributed by atoms with E-state index in [0.29, 0.717) is 5.92 Å². The van der Waals surface area contributed by atoms with Crippen LogP contribution in [0.25, 0.3) is 0 Å². The van der Waals surface area contributed by atoms with Crippen molar-refractivity contribution >= 4 is 11.6 Å². The summed E-state index contributed by atoms with van der Waals surface area (Å²) in [7, 11) is 0. The van der Waals surface area contributed by atoms with Gasteiger partial charge >= 0.3 is 0 Å². The first-order valence-corrected chi connectivity index (χ1v) is 7.56. The summed E-state index contributed by atoms with van der Waals surface area (Å²) in [6, 6.07) is 7.73. The fourth-order valence-corrected chi connectivity index (χ4v) is 2.51. The molecule has 4 heteroatoms. The molecular formula is C16H22N2O2. The first-order valence-electron chi connectivity index (χ1n) is 7.56. The number of hydrogen-bond acceptors (Lipinski definition) is 3. The average Bonchev–Trinajstić information content (AvgIpc) is 3.31. The summed E-state index contributed by atoms with van der Waals surface area (Å²) >= 11 is 0. The van der Waals surface area contributed by atoms with E-state index in [9.17, 15) is 4.79 Å². The number of amides is 1. The largest absolute Gasteiger partial charge is 0.491 e. The van der Waals surface area contributed by atoms with Crippen LogP contribution in [0.15, 0.2) is 24.3 Å². The number of nitrogens with one attached hydrogen (secondary N) is 2. The Morgan fingerprint density at radius 3 is 2.70 bits per heavy atom. The molecule has 0 bridgehead atoms. The van der Waals surface area contributed by atoms with E-state index in [0.717, 1.165) is 44.0 Å². The molecule has 0 radical (unpaired) electrons. The van der Waals surface area contributed by atoms with Crippen molar-refractivity contribution in [2.45, 2.75) is 25.7 Å². The van der Waals surface area contributed by atoms with Crippen molar-refractivity contribution < 1.29 is 9.53 Å². The van der Waals surface area contributed by atoms with E-state index in [1.807, 2.05) is 24.3 Å². The number of para-hydroxylation sites is 2. The molecule has 1 aromatic carbocycles. The molecule has 1 aliphatic carbocycles. The fraction of sp³-hybridized carbons (Fsp3) is 0.562. The van der Waals surface area contributed by atoms with Crippen LogP contribution in [0.3, 0.4) is 0 Å². The molecular weight excluding hydrogens is 252 g/mol. The fourth-order valence-electron chi connectivity index (χ4n) is 2.51. The maximum Gasteiger partial charge on any atom is 0.227 e. The molecule has 0 spiro atoms. The number of carbonyl (C=O) groups is 1. The molecule has 2 N–H and O–H groups in total. The molecule has 0 atom stereocenters. The summed E-state index contributed by atoms with van der Waals surface area (Å²) < 4.78 is 5.82. The Morgan fingerprint density at radius 2 is 1.95 bits per heavy atom. The van der Waals surface area contributed by atoms with Crippen LogP contribution in [0.5, 0.6) is 5.75 Å². The van der Waals surface area contributed by atoms with E-state index in [4.69, 9.17) is 4.74 Å². The van der Waals surface area contributed by atoms with Crippen LogP contribution in [-0.4, -0.2) is 25.6 Å². The molecule has 1 aliphatic heterocycles. The molecule has 0 aromatic heterocycles. The van der Waals surface area contributed by atoms with Gasteiger partial charge in [-0.2, -0.15) is 0 Å². The lowest BCUT2D eigenvalue weighted by Gasteiger charge is -2.22. The highest BCUT2D eigenvalue weighted by atomic mass is 16.5. The second-order valence-corrected chi connectivity index (χ2v) is 5.76. The Labute approximate surface area is 119 Å². The lowest BCUT2D eigenvalue weighted by molar-refractivity contribution is -0.120. The minimum absolute atomic E-state index is 0.118. The van der Waals surface area contributed by atoms with Crippen molar-refractivity contribution in [3.05, 3.63) is 24.3 Å². The Morgan fingerprint density at radius 1 is 1.20 bits per heavy atom. The molecule has 3 rings (SSSR count). The first-order chi connectivity index (χ1) is 9.83. The highest BCUT2D eigenvalue weighted by Gasteiger charge is 2.24. The minimum Gasteiger partial charge on any atom is -0.491 e. The van der Waals surface area contributed by atoms with Crippen molar-refractivity contribution in [3.8, 4) is 5.75 Å². The van der Waals surface area contributed by atoms with Gasteiger partial charge in [-0.3, -0.25) is 4.79 Å². The van der Waals surface area contributed by atoms with Gasteiger partial charge in [0.25, 0.3) is 0 Å². The van der Waals surface area contributed by atoms with Crippen molar-refractivity contribution in [1.82, 2.24) is 5.32 Å². The highest BCUT2D eigenvalue weighted by Crippen LogP contribution is 2.32. The number of piperidine rings is 1. The summed E-state index contributed by atoms with van der Waals surface area (Å²) in [5.41, 5.74) is 0.802. The second kappa shape index (κ2) is 6.27. The maximum atomic E-state index is 12.3. The van der Waals surface area contributed by atoms with Crippen LogP contribution in [0.4, 0.5) is 5.69 Å². The number of hydrogen-bond donors (Lipinski definition) is 2. The van der Waals surface area contributed by atoms with Crippen molar-refractivity contribution in [3.63, 3.8) is 0 Å². The molecule has 0 unspecified atom stereocenters. The smallest absolute Gasteiger partial charge is 0.227 e. The third kappa shape index (κ3) is 3.51. The zero-order chi connectivity index (χ0) is 13.8. The number of rotatable bonds is 5. The van der Waals surface area contributed by atoms with Gasteiger partial charge in [0.1, 0.15) is 5.75 Å². The molecule has 20 heavy (non-hydrogen) atoms. The number of carbonyl (C=O) groups excluding carboxylic acids is 1. The highest BCUT2D eigenvalue weighted by molar-refractivity contribution is 5.94. The van der Waals surface area contributed by atoms with Gasteiger partial charge < -0.3 is 15.4 Å². The van der Waals surface area contributed by atoms with E-state index in [2.05, 4.69) is 10.6 Å². The van der Waals surface area contributed by atoms with Gasteiger partial charge in [-0.15, -0.1) is 0 Å². The number of ether oxygens (including phenoxy) is 1. The summed E-state index contributed by atoms with van der Waals surface area (Å²) in [5, 5.41) is 6.31. The normalized spacial score (nSPS) is 19.6. The molecule has 1 heterocycles. The van der Waals surface area contributed by atoms with Crippen LogP contribution in [0.2, 0.25) is 0 Å². The average molecular weight is 274 g/mol. The summed E-state index contributed by atoms with van der Waals surface area (Å²) in [4.78, 5) is 12.3. The van der Waals surface area contributed by atoms with Crippen LogP contribution < -0.4 is 15.4 Å². The van der Waals surface area contributed by atoms with Gasteiger partial charge in [0.2, 0.25) is 5.91 Å². The summed E-state index contributed by atoms with van der Waals surface area (Å²) in [6.45, 7) is 2.62. The van der Waals surface area contributed by atoms with Gasteiger partial charge in [-0.1, -0.05) is 12.1 Å². The van der Waals surface area contributed by atoms with E-state index in [1.165, 1.54) is 12.8 Å². The molecule has 1 aromatic rings. The van der Waals surface area contributed by atoms with E-state index in [1.54, 1.807) is 0 Å². The van der Waals surface area contributed by atoms with Crippen molar-refractivity contribution in [2.75, 3.05) is 25.0 Å².